The van der Waals surface area contributed by atoms with E-state index in [1.807, 2.05) is 12.1 Å². The van der Waals surface area contributed by atoms with Crippen molar-refractivity contribution in [1.82, 2.24) is 4.98 Å². The number of H-pyrrole nitrogens is 1. The molecule has 0 atom stereocenters. The van der Waals surface area contributed by atoms with Crippen molar-refractivity contribution < 1.29 is 9.47 Å². The first kappa shape index (κ1) is 13.2. The molecular weight excluding hydrogens is 244 g/mol. The molecule has 1 aromatic carbocycles. The summed E-state index contributed by atoms with van der Waals surface area (Å²) in [6.07, 6.45) is 1.64. The highest BCUT2D eigenvalue weighted by atomic mass is 16.5. The van der Waals surface area contributed by atoms with Crippen molar-refractivity contribution in [1.29, 1.82) is 0 Å². The highest BCUT2D eigenvalue weighted by molar-refractivity contribution is 5.71. The van der Waals surface area contributed by atoms with Gasteiger partial charge in [-0.3, -0.25) is 4.79 Å². The Morgan fingerprint density at radius 2 is 2.00 bits per heavy atom. The SMILES string of the molecule is COc1ccc(-c2c[nH]c(=O)c(CN)c2)c(OC)c1. The number of rotatable bonds is 4. The van der Waals surface area contributed by atoms with Crippen molar-refractivity contribution in [2.24, 2.45) is 5.73 Å². The Morgan fingerprint density at radius 1 is 1.21 bits per heavy atom. The summed E-state index contributed by atoms with van der Waals surface area (Å²) in [7, 11) is 3.19. The van der Waals surface area contributed by atoms with Crippen molar-refractivity contribution in [2.75, 3.05) is 14.2 Å². The van der Waals surface area contributed by atoms with Gasteiger partial charge in [0.05, 0.1) is 14.2 Å². The third kappa shape index (κ3) is 2.61. The van der Waals surface area contributed by atoms with E-state index in [9.17, 15) is 4.79 Å². The molecule has 0 aliphatic carbocycles. The normalized spacial score (nSPS) is 10.3. The minimum Gasteiger partial charge on any atom is -0.497 e. The van der Waals surface area contributed by atoms with Crippen LogP contribution in [0.5, 0.6) is 11.5 Å². The van der Waals surface area contributed by atoms with Gasteiger partial charge in [-0.05, 0) is 18.2 Å². The fourth-order valence-electron chi connectivity index (χ4n) is 1.88. The second kappa shape index (κ2) is 5.58. The van der Waals surface area contributed by atoms with E-state index in [-0.39, 0.29) is 12.1 Å². The predicted molar refractivity (Wildman–Crippen MR) is 73.5 cm³/mol. The standard InChI is InChI=1S/C14H16N2O3/c1-18-11-3-4-12(13(6-11)19-2)10-5-9(7-15)14(17)16-8-10/h3-6,8H,7,15H2,1-2H3,(H,16,17). The number of aromatic amines is 1. The van der Waals surface area contributed by atoms with E-state index >= 15 is 0 Å². The molecule has 0 aliphatic rings. The lowest BCUT2D eigenvalue weighted by molar-refractivity contribution is 0.395. The highest BCUT2D eigenvalue weighted by Gasteiger charge is 2.09. The number of ether oxygens (including phenoxy) is 2. The number of hydrogen-bond donors (Lipinski definition) is 2. The van der Waals surface area contributed by atoms with Crippen LogP contribution >= 0.6 is 0 Å². The Hall–Kier alpha value is -2.27. The van der Waals surface area contributed by atoms with E-state index in [1.165, 1.54) is 0 Å². The van der Waals surface area contributed by atoms with E-state index in [0.717, 1.165) is 11.1 Å². The quantitative estimate of drug-likeness (QED) is 0.873. The van der Waals surface area contributed by atoms with Crippen LogP contribution in [-0.4, -0.2) is 19.2 Å². The first-order valence-corrected chi connectivity index (χ1v) is 5.83. The van der Waals surface area contributed by atoms with Gasteiger partial charge in [0.2, 0.25) is 0 Å². The average Bonchev–Trinajstić information content (AvgIpc) is 2.47. The second-order valence-electron chi connectivity index (χ2n) is 4.01. The molecular formula is C14H16N2O3. The molecule has 2 aromatic rings. The van der Waals surface area contributed by atoms with Gasteiger partial charge in [0.1, 0.15) is 11.5 Å². The first-order valence-electron chi connectivity index (χ1n) is 5.83. The second-order valence-corrected chi connectivity index (χ2v) is 4.01. The summed E-state index contributed by atoms with van der Waals surface area (Å²) in [6.45, 7) is 0.196. The smallest absolute Gasteiger partial charge is 0.252 e. The number of hydrogen-bond acceptors (Lipinski definition) is 4. The van der Waals surface area contributed by atoms with Gasteiger partial charge in [0.15, 0.2) is 0 Å². The largest absolute Gasteiger partial charge is 0.497 e. The van der Waals surface area contributed by atoms with Crippen LogP contribution in [0.25, 0.3) is 11.1 Å². The van der Waals surface area contributed by atoms with Crippen molar-refractivity contribution in [2.45, 2.75) is 6.54 Å². The van der Waals surface area contributed by atoms with Gasteiger partial charge in [0, 0.05) is 35.5 Å². The third-order valence-electron chi connectivity index (χ3n) is 2.92. The van der Waals surface area contributed by atoms with Crippen LogP contribution in [0, 0.1) is 0 Å². The molecule has 0 radical (unpaired) electrons. The van der Waals surface area contributed by atoms with Gasteiger partial charge < -0.3 is 20.2 Å². The molecule has 1 aromatic heterocycles. The summed E-state index contributed by atoms with van der Waals surface area (Å²) in [5.74, 6) is 1.39. The zero-order chi connectivity index (χ0) is 13.8. The highest BCUT2D eigenvalue weighted by Crippen LogP contribution is 2.32. The lowest BCUT2D eigenvalue weighted by Crippen LogP contribution is -2.15. The average molecular weight is 260 g/mol. The van der Waals surface area contributed by atoms with E-state index in [4.69, 9.17) is 15.2 Å². The maximum atomic E-state index is 11.5. The molecule has 1 heterocycles. The molecule has 5 heteroatoms. The Morgan fingerprint density at radius 3 is 2.63 bits per heavy atom. The zero-order valence-electron chi connectivity index (χ0n) is 10.9. The fraction of sp³-hybridized carbons (Fsp3) is 0.214. The van der Waals surface area contributed by atoms with Crippen LogP contribution in [0.4, 0.5) is 0 Å². The summed E-state index contributed by atoms with van der Waals surface area (Å²) in [5.41, 5.74) is 7.63. The topological polar surface area (TPSA) is 77.3 Å². The monoisotopic (exact) mass is 260 g/mol. The molecule has 0 spiro atoms. The predicted octanol–water partition coefficient (Wildman–Crippen LogP) is 1.52. The first-order chi connectivity index (χ1) is 9.19. The van der Waals surface area contributed by atoms with Gasteiger partial charge in [-0.25, -0.2) is 0 Å². The zero-order valence-corrected chi connectivity index (χ0v) is 10.9. The summed E-state index contributed by atoms with van der Waals surface area (Å²) in [4.78, 5) is 14.2. The van der Waals surface area contributed by atoms with Gasteiger partial charge in [0.25, 0.3) is 5.56 Å². The summed E-state index contributed by atoms with van der Waals surface area (Å²) >= 11 is 0. The Labute approximate surface area is 111 Å². The number of nitrogens with one attached hydrogen (secondary N) is 1. The molecule has 0 amide bonds. The number of aromatic nitrogens is 1. The van der Waals surface area contributed by atoms with Crippen LogP contribution in [0.3, 0.4) is 0 Å². The Bertz CT molecular complexity index is 635. The van der Waals surface area contributed by atoms with Crippen LogP contribution in [-0.2, 0) is 6.54 Å². The summed E-state index contributed by atoms with van der Waals surface area (Å²) in [5, 5.41) is 0. The number of pyridine rings is 1. The van der Waals surface area contributed by atoms with Crippen LogP contribution in [0.1, 0.15) is 5.56 Å². The minimum atomic E-state index is -0.168. The van der Waals surface area contributed by atoms with E-state index in [1.54, 1.807) is 32.5 Å². The van der Waals surface area contributed by atoms with Crippen LogP contribution in [0.2, 0.25) is 0 Å². The fourth-order valence-corrected chi connectivity index (χ4v) is 1.88. The van der Waals surface area contributed by atoms with Crippen molar-refractivity contribution in [3.8, 4) is 22.6 Å². The molecule has 0 fully saturated rings. The minimum absolute atomic E-state index is 0.168. The van der Waals surface area contributed by atoms with Crippen LogP contribution in [0.15, 0.2) is 35.3 Å². The molecule has 5 nitrogen and oxygen atoms in total. The molecule has 0 bridgehead atoms. The lowest BCUT2D eigenvalue weighted by atomic mass is 10.0. The number of benzene rings is 1. The molecule has 100 valence electrons. The van der Waals surface area contributed by atoms with Gasteiger partial charge in [-0.2, -0.15) is 0 Å². The van der Waals surface area contributed by atoms with Crippen molar-refractivity contribution in [3.05, 3.63) is 46.4 Å². The molecule has 0 unspecified atom stereocenters. The molecule has 0 saturated heterocycles. The third-order valence-corrected chi connectivity index (χ3v) is 2.92. The van der Waals surface area contributed by atoms with Crippen LogP contribution < -0.4 is 20.8 Å². The van der Waals surface area contributed by atoms with Crippen molar-refractivity contribution >= 4 is 0 Å². The van der Waals surface area contributed by atoms with Gasteiger partial charge >= 0.3 is 0 Å². The summed E-state index contributed by atoms with van der Waals surface area (Å²) in [6, 6.07) is 7.28. The summed E-state index contributed by atoms with van der Waals surface area (Å²) < 4.78 is 10.5. The Balaban J connectivity index is 2.55. The molecule has 2 rings (SSSR count). The van der Waals surface area contributed by atoms with Crippen molar-refractivity contribution in [3.63, 3.8) is 0 Å². The maximum Gasteiger partial charge on any atom is 0.252 e. The van der Waals surface area contributed by atoms with Gasteiger partial charge in [-0.15, -0.1) is 0 Å². The molecule has 3 N–H and O–H groups in total. The van der Waals surface area contributed by atoms with E-state index in [2.05, 4.69) is 4.98 Å². The molecule has 19 heavy (non-hydrogen) atoms. The number of nitrogens with two attached hydrogens (primary N) is 1. The molecule has 0 saturated carbocycles. The van der Waals surface area contributed by atoms with E-state index < -0.39 is 0 Å². The number of methoxy groups -OCH3 is 2. The lowest BCUT2D eigenvalue weighted by Gasteiger charge is -2.11. The maximum absolute atomic E-state index is 11.5. The molecule has 0 aliphatic heterocycles. The van der Waals surface area contributed by atoms with Gasteiger partial charge in [-0.1, -0.05) is 0 Å². The Kier molecular flexibility index (Phi) is 3.87. The van der Waals surface area contributed by atoms with E-state index in [0.29, 0.717) is 17.1 Å².